The fraction of sp³-hybridized carbons (Fsp3) is 0.200. The first kappa shape index (κ1) is 20.4. The second-order valence-electron chi connectivity index (χ2n) is 6.69. The summed E-state index contributed by atoms with van der Waals surface area (Å²) in [4.78, 5) is 26.7. The number of carbonyl (C=O) groups is 2. The fourth-order valence-electron chi connectivity index (χ4n) is 3.30. The van der Waals surface area contributed by atoms with Gasteiger partial charge in [-0.15, -0.1) is 10.2 Å². The van der Waals surface area contributed by atoms with Gasteiger partial charge in [-0.3, -0.25) is 14.9 Å². The summed E-state index contributed by atoms with van der Waals surface area (Å²) in [6, 6.07) is 10.6. The molecule has 0 saturated heterocycles. The van der Waals surface area contributed by atoms with E-state index in [1.54, 1.807) is 4.90 Å². The summed E-state index contributed by atoms with van der Waals surface area (Å²) in [7, 11) is 0. The molecule has 1 atom stereocenters. The van der Waals surface area contributed by atoms with Crippen LogP contribution in [0.2, 0.25) is 0 Å². The number of anilines is 2. The standard InChI is InChI=1S/C20H16F2N4O2S2/c1-11-8-12-4-2-3-5-16(12)26(11)17(27)10-29-20-25-24-19(30-20)23-18(28)14-7-6-13(21)9-15(14)22/h2-7,9,11H,8,10H2,1H3,(H,23,24,28). The van der Waals surface area contributed by atoms with E-state index < -0.39 is 17.5 Å². The number of halogens is 2. The molecule has 3 aromatic rings. The van der Waals surface area contributed by atoms with Gasteiger partial charge in [0.05, 0.1) is 11.3 Å². The number of thioether (sulfide) groups is 1. The van der Waals surface area contributed by atoms with Crippen LogP contribution in [0.4, 0.5) is 19.6 Å². The molecule has 1 N–H and O–H groups in total. The molecule has 10 heteroatoms. The molecule has 1 aromatic heterocycles. The zero-order valence-corrected chi connectivity index (χ0v) is 17.4. The Morgan fingerprint density at radius 2 is 2.03 bits per heavy atom. The van der Waals surface area contributed by atoms with Crippen LogP contribution in [0.3, 0.4) is 0 Å². The maximum absolute atomic E-state index is 13.7. The highest BCUT2D eigenvalue weighted by atomic mass is 32.2. The predicted octanol–water partition coefficient (Wildman–Crippen LogP) is 4.14. The summed E-state index contributed by atoms with van der Waals surface area (Å²) in [5.41, 5.74) is 1.79. The molecule has 0 saturated carbocycles. The Labute approximate surface area is 179 Å². The van der Waals surface area contributed by atoms with E-state index in [-0.39, 0.29) is 28.4 Å². The van der Waals surface area contributed by atoms with Gasteiger partial charge < -0.3 is 4.90 Å². The minimum absolute atomic E-state index is 0.0355. The van der Waals surface area contributed by atoms with E-state index >= 15 is 0 Å². The Bertz CT molecular complexity index is 1120. The molecule has 1 unspecified atom stereocenters. The van der Waals surface area contributed by atoms with E-state index in [0.29, 0.717) is 10.4 Å². The molecule has 0 aliphatic carbocycles. The van der Waals surface area contributed by atoms with Gasteiger partial charge in [-0.05, 0) is 37.1 Å². The summed E-state index contributed by atoms with van der Waals surface area (Å²) in [6.07, 6.45) is 0.821. The van der Waals surface area contributed by atoms with Crippen LogP contribution in [0, 0.1) is 11.6 Å². The molecule has 0 bridgehead atoms. The zero-order chi connectivity index (χ0) is 21.3. The first-order chi connectivity index (χ1) is 14.4. The summed E-state index contributed by atoms with van der Waals surface area (Å²) >= 11 is 2.30. The van der Waals surface area contributed by atoms with E-state index in [2.05, 4.69) is 15.5 Å². The lowest BCUT2D eigenvalue weighted by Gasteiger charge is -2.22. The van der Waals surface area contributed by atoms with Gasteiger partial charge in [0.2, 0.25) is 11.0 Å². The number of nitrogens with one attached hydrogen (secondary N) is 1. The van der Waals surface area contributed by atoms with E-state index in [4.69, 9.17) is 0 Å². The third kappa shape index (κ3) is 4.19. The molecule has 0 radical (unpaired) electrons. The number of hydrogen-bond acceptors (Lipinski definition) is 6. The molecule has 0 fully saturated rings. The molecule has 6 nitrogen and oxygen atoms in total. The largest absolute Gasteiger partial charge is 0.308 e. The lowest BCUT2D eigenvalue weighted by molar-refractivity contribution is -0.116. The number of fused-ring (bicyclic) bond motifs is 1. The summed E-state index contributed by atoms with van der Waals surface area (Å²) < 4.78 is 27.2. The van der Waals surface area contributed by atoms with E-state index in [1.165, 1.54) is 11.8 Å². The van der Waals surface area contributed by atoms with Crippen LogP contribution < -0.4 is 10.2 Å². The van der Waals surface area contributed by atoms with Crippen molar-refractivity contribution in [2.24, 2.45) is 0 Å². The van der Waals surface area contributed by atoms with E-state index in [9.17, 15) is 18.4 Å². The van der Waals surface area contributed by atoms with Crippen molar-refractivity contribution in [3.05, 3.63) is 65.2 Å². The highest BCUT2D eigenvalue weighted by Gasteiger charge is 2.30. The minimum Gasteiger partial charge on any atom is -0.308 e. The Morgan fingerprint density at radius 1 is 1.23 bits per heavy atom. The quantitative estimate of drug-likeness (QED) is 0.471. The van der Waals surface area contributed by atoms with Crippen LogP contribution in [0.1, 0.15) is 22.8 Å². The second-order valence-corrected chi connectivity index (χ2v) is 8.89. The van der Waals surface area contributed by atoms with Crippen molar-refractivity contribution in [3.8, 4) is 0 Å². The maximum Gasteiger partial charge on any atom is 0.260 e. The van der Waals surface area contributed by atoms with Crippen LogP contribution in [-0.4, -0.2) is 33.8 Å². The third-order valence-corrected chi connectivity index (χ3v) is 6.55. The molecular weight excluding hydrogens is 430 g/mol. The van der Waals surface area contributed by atoms with Gasteiger partial charge >= 0.3 is 0 Å². The fourth-order valence-corrected chi connectivity index (χ4v) is 4.90. The highest BCUT2D eigenvalue weighted by molar-refractivity contribution is 8.01. The minimum atomic E-state index is -0.961. The second kappa shape index (κ2) is 8.49. The average molecular weight is 447 g/mol. The Morgan fingerprint density at radius 3 is 2.83 bits per heavy atom. The highest BCUT2D eigenvalue weighted by Crippen LogP contribution is 2.33. The number of nitrogens with zero attached hydrogens (tertiary/aromatic N) is 3. The number of rotatable bonds is 5. The Kier molecular flexibility index (Phi) is 5.78. The van der Waals surface area contributed by atoms with Crippen LogP contribution in [0.25, 0.3) is 0 Å². The Balaban J connectivity index is 1.37. The van der Waals surface area contributed by atoms with Crippen LogP contribution in [0.5, 0.6) is 0 Å². The van der Waals surface area contributed by atoms with Crippen molar-refractivity contribution in [3.63, 3.8) is 0 Å². The molecular formula is C20H16F2N4O2S2. The zero-order valence-electron chi connectivity index (χ0n) is 15.8. The number of benzene rings is 2. The third-order valence-electron chi connectivity index (χ3n) is 4.60. The van der Waals surface area contributed by atoms with Crippen molar-refractivity contribution in [2.45, 2.75) is 23.7 Å². The summed E-state index contributed by atoms with van der Waals surface area (Å²) in [5, 5.41) is 10.4. The molecule has 0 spiro atoms. The lowest BCUT2D eigenvalue weighted by atomic mass is 10.1. The molecule has 2 aromatic carbocycles. The predicted molar refractivity (Wildman–Crippen MR) is 112 cm³/mol. The topological polar surface area (TPSA) is 75.2 Å². The lowest BCUT2D eigenvalue weighted by Crippen LogP contribution is -2.36. The SMILES string of the molecule is CC1Cc2ccccc2N1C(=O)CSc1nnc(NC(=O)c2ccc(F)cc2F)s1. The molecule has 2 heterocycles. The number of para-hydroxylation sites is 1. The van der Waals surface area contributed by atoms with Crippen LogP contribution >= 0.6 is 23.1 Å². The molecule has 4 rings (SSSR count). The van der Waals surface area contributed by atoms with Crippen molar-refractivity contribution < 1.29 is 18.4 Å². The number of carbonyl (C=O) groups excluding carboxylic acids is 2. The molecule has 30 heavy (non-hydrogen) atoms. The molecule has 2 amide bonds. The van der Waals surface area contributed by atoms with Crippen LogP contribution in [-0.2, 0) is 11.2 Å². The number of amides is 2. The Hall–Kier alpha value is -2.85. The van der Waals surface area contributed by atoms with Gasteiger partial charge in [-0.25, -0.2) is 8.78 Å². The van der Waals surface area contributed by atoms with Crippen molar-refractivity contribution in [1.82, 2.24) is 10.2 Å². The van der Waals surface area contributed by atoms with Gasteiger partial charge in [0.1, 0.15) is 11.6 Å². The smallest absolute Gasteiger partial charge is 0.260 e. The molecule has 1 aliphatic heterocycles. The van der Waals surface area contributed by atoms with Crippen molar-refractivity contribution in [1.29, 1.82) is 0 Å². The monoisotopic (exact) mass is 446 g/mol. The van der Waals surface area contributed by atoms with Crippen molar-refractivity contribution >= 4 is 45.7 Å². The summed E-state index contributed by atoms with van der Waals surface area (Å²) in [5.74, 6) is -2.34. The van der Waals surface area contributed by atoms with Gasteiger partial charge in [0.25, 0.3) is 5.91 Å². The van der Waals surface area contributed by atoms with Gasteiger partial charge in [0.15, 0.2) is 4.34 Å². The normalized spacial score (nSPS) is 15.2. The van der Waals surface area contributed by atoms with Gasteiger partial charge in [-0.2, -0.15) is 0 Å². The van der Waals surface area contributed by atoms with Gasteiger partial charge in [-0.1, -0.05) is 41.3 Å². The van der Waals surface area contributed by atoms with Gasteiger partial charge in [0, 0.05) is 17.8 Å². The molecule has 154 valence electrons. The summed E-state index contributed by atoms with van der Waals surface area (Å²) in [6.45, 7) is 2.01. The average Bonchev–Trinajstić information content (AvgIpc) is 3.29. The number of hydrogen-bond donors (Lipinski definition) is 1. The number of aromatic nitrogens is 2. The molecule has 1 aliphatic rings. The first-order valence-corrected chi connectivity index (χ1v) is 10.9. The van der Waals surface area contributed by atoms with E-state index in [0.717, 1.165) is 41.1 Å². The van der Waals surface area contributed by atoms with Crippen LogP contribution in [0.15, 0.2) is 46.8 Å². The van der Waals surface area contributed by atoms with E-state index in [1.807, 2.05) is 31.2 Å². The first-order valence-electron chi connectivity index (χ1n) is 9.05. The van der Waals surface area contributed by atoms with Crippen molar-refractivity contribution in [2.75, 3.05) is 16.0 Å². The maximum atomic E-state index is 13.7.